The molecule has 3 rings (SSSR count). The number of piperazine rings is 1. The molecule has 0 aromatic carbocycles. The minimum Gasteiger partial charge on any atom is -0.468 e. The lowest BCUT2D eigenvalue weighted by Crippen LogP contribution is -2.55. The lowest BCUT2D eigenvalue weighted by Gasteiger charge is -2.41. The molecule has 10 heteroatoms. The number of ether oxygens (including phenoxy) is 2. The molecule has 0 N–H and O–H groups in total. The Kier molecular flexibility index (Phi) is 8.12. The summed E-state index contributed by atoms with van der Waals surface area (Å²) >= 11 is 0. The van der Waals surface area contributed by atoms with Crippen LogP contribution in [0.5, 0.6) is 0 Å². The Morgan fingerprint density at radius 3 is 2.18 bits per heavy atom. The molecule has 0 radical (unpaired) electrons. The molecule has 182 valence electrons. The van der Waals surface area contributed by atoms with Crippen molar-refractivity contribution >= 4 is 23.7 Å². The molecule has 0 bridgehead atoms. The number of piperidine rings is 1. The first-order valence-corrected chi connectivity index (χ1v) is 11.4. The highest BCUT2D eigenvalue weighted by Crippen LogP contribution is 2.24. The third kappa shape index (κ3) is 6.80. The summed E-state index contributed by atoms with van der Waals surface area (Å²) in [4.78, 5) is 45.9. The summed E-state index contributed by atoms with van der Waals surface area (Å²) in [7, 11) is 1.29. The summed E-state index contributed by atoms with van der Waals surface area (Å²) < 4.78 is 10.2. The van der Waals surface area contributed by atoms with E-state index in [1.165, 1.54) is 12.1 Å². The first-order chi connectivity index (χ1) is 15.7. The molecule has 33 heavy (non-hydrogen) atoms. The zero-order chi connectivity index (χ0) is 24.0. The van der Waals surface area contributed by atoms with Crippen molar-refractivity contribution in [2.45, 2.75) is 39.2 Å². The highest BCUT2D eigenvalue weighted by atomic mass is 16.6. The number of pyridine rings is 1. The van der Waals surface area contributed by atoms with Gasteiger partial charge in [0, 0.05) is 63.3 Å². The SMILES string of the molecule is COC(=O)CN(C(=O)OC(C)(C)C)N1CCC(C(=O)N2CCN(c3ccncc3)CC2)CC1. The highest BCUT2D eigenvalue weighted by molar-refractivity contribution is 5.80. The number of carbonyl (C=O) groups is 3. The molecule has 2 aliphatic rings. The van der Waals surface area contributed by atoms with E-state index in [0.29, 0.717) is 39.0 Å². The number of anilines is 1. The van der Waals surface area contributed by atoms with E-state index in [9.17, 15) is 14.4 Å². The Labute approximate surface area is 195 Å². The van der Waals surface area contributed by atoms with Gasteiger partial charge in [0.05, 0.1) is 7.11 Å². The van der Waals surface area contributed by atoms with Crippen LogP contribution in [-0.4, -0.2) is 96.4 Å². The Morgan fingerprint density at radius 2 is 1.64 bits per heavy atom. The maximum atomic E-state index is 13.1. The fourth-order valence-electron chi connectivity index (χ4n) is 4.13. The van der Waals surface area contributed by atoms with Crippen LogP contribution in [0.2, 0.25) is 0 Å². The van der Waals surface area contributed by atoms with Gasteiger partial charge in [-0.1, -0.05) is 0 Å². The molecule has 2 aliphatic heterocycles. The molecule has 2 saturated heterocycles. The second-order valence-electron chi connectivity index (χ2n) is 9.36. The number of hydrazine groups is 1. The number of rotatable bonds is 5. The van der Waals surface area contributed by atoms with Crippen LogP contribution in [0.25, 0.3) is 0 Å². The summed E-state index contributed by atoms with van der Waals surface area (Å²) in [6.07, 6.45) is 4.20. The molecule has 2 amide bonds. The number of amides is 2. The van der Waals surface area contributed by atoms with Gasteiger partial charge in [-0.2, -0.15) is 0 Å². The van der Waals surface area contributed by atoms with Gasteiger partial charge in [0.15, 0.2) is 0 Å². The summed E-state index contributed by atoms with van der Waals surface area (Å²) in [6, 6.07) is 3.97. The van der Waals surface area contributed by atoms with Gasteiger partial charge in [0.25, 0.3) is 0 Å². The predicted octanol–water partition coefficient (Wildman–Crippen LogP) is 1.77. The molecule has 1 aromatic rings. The van der Waals surface area contributed by atoms with E-state index in [0.717, 1.165) is 18.8 Å². The number of esters is 1. The predicted molar refractivity (Wildman–Crippen MR) is 122 cm³/mol. The lowest BCUT2D eigenvalue weighted by atomic mass is 9.95. The van der Waals surface area contributed by atoms with Crippen LogP contribution in [0.4, 0.5) is 10.5 Å². The Bertz CT molecular complexity index is 812. The van der Waals surface area contributed by atoms with Crippen LogP contribution in [-0.2, 0) is 19.1 Å². The third-order valence-corrected chi connectivity index (χ3v) is 5.89. The Hall–Kier alpha value is -2.88. The van der Waals surface area contributed by atoms with Crippen LogP contribution >= 0.6 is 0 Å². The maximum absolute atomic E-state index is 13.1. The molecule has 0 aliphatic carbocycles. The summed E-state index contributed by atoms with van der Waals surface area (Å²) in [5.74, 6) is -0.445. The second-order valence-corrected chi connectivity index (χ2v) is 9.36. The molecular formula is C23H35N5O5. The van der Waals surface area contributed by atoms with Gasteiger partial charge >= 0.3 is 12.1 Å². The average molecular weight is 462 g/mol. The van der Waals surface area contributed by atoms with Crippen molar-refractivity contribution in [1.82, 2.24) is 19.9 Å². The zero-order valence-corrected chi connectivity index (χ0v) is 20.0. The number of methoxy groups -OCH3 is 1. The van der Waals surface area contributed by atoms with Crippen molar-refractivity contribution < 1.29 is 23.9 Å². The van der Waals surface area contributed by atoms with E-state index >= 15 is 0 Å². The minimum atomic E-state index is -0.682. The molecule has 10 nitrogen and oxygen atoms in total. The minimum absolute atomic E-state index is 0.0904. The Morgan fingerprint density at radius 1 is 1.03 bits per heavy atom. The van der Waals surface area contributed by atoms with Crippen LogP contribution < -0.4 is 4.90 Å². The maximum Gasteiger partial charge on any atom is 0.425 e. The van der Waals surface area contributed by atoms with Gasteiger partial charge in [-0.15, -0.1) is 0 Å². The van der Waals surface area contributed by atoms with Crippen LogP contribution in [0.15, 0.2) is 24.5 Å². The first kappa shape index (κ1) is 24.8. The molecule has 3 heterocycles. The standard InChI is InChI=1S/C23H35N5O5/c1-23(2,3)33-22(31)28(17-20(29)32-4)27-11-7-18(8-12-27)21(30)26-15-13-25(14-16-26)19-5-9-24-10-6-19/h5-6,9-10,18H,7-8,11-17H2,1-4H3. The normalized spacial score (nSPS) is 18.1. The molecular weight excluding hydrogens is 426 g/mol. The second kappa shape index (κ2) is 10.8. The largest absolute Gasteiger partial charge is 0.468 e. The molecule has 0 saturated carbocycles. The van der Waals surface area contributed by atoms with Crippen LogP contribution in [0.3, 0.4) is 0 Å². The van der Waals surface area contributed by atoms with Crippen LogP contribution in [0.1, 0.15) is 33.6 Å². The molecule has 0 atom stereocenters. The lowest BCUT2D eigenvalue weighted by molar-refractivity contribution is -0.150. The van der Waals surface area contributed by atoms with Gasteiger partial charge in [0.2, 0.25) is 5.91 Å². The van der Waals surface area contributed by atoms with E-state index in [1.54, 1.807) is 38.2 Å². The van der Waals surface area contributed by atoms with E-state index < -0.39 is 17.7 Å². The van der Waals surface area contributed by atoms with Gasteiger partial charge < -0.3 is 19.3 Å². The molecule has 1 aromatic heterocycles. The van der Waals surface area contributed by atoms with Crippen LogP contribution in [0, 0.1) is 5.92 Å². The fraction of sp³-hybridized carbons (Fsp3) is 0.652. The summed E-state index contributed by atoms with van der Waals surface area (Å²) in [6.45, 7) is 9.05. The topological polar surface area (TPSA) is 95.5 Å². The number of hydrogen-bond acceptors (Lipinski definition) is 8. The highest BCUT2D eigenvalue weighted by Gasteiger charge is 2.35. The number of nitrogens with zero attached hydrogens (tertiary/aromatic N) is 5. The smallest absolute Gasteiger partial charge is 0.425 e. The van der Waals surface area contributed by atoms with Gasteiger partial charge in [0.1, 0.15) is 12.1 Å². The fourth-order valence-corrected chi connectivity index (χ4v) is 4.13. The van der Waals surface area contributed by atoms with E-state index in [2.05, 4.69) is 9.88 Å². The molecule has 2 fully saturated rings. The quantitative estimate of drug-likeness (QED) is 0.613. The number of carbonyl (C=O) groups excluding carboxylic acids is 3. The van der Waals surface area contributed by atoms with Crippen molar-refractivity contribution in [2.24, 2.45) is 5.92 Å². The van der Waals surface area contributed by atoms with E-state index in [-0.39, 0.29) is 18.4 Å². The third-order valence-electron chi connectivity index (χ3n) is 5.89. The van der Waals surface area contributed by atoms with E-state index in [4.69, 9.17) is 9.47 Å². The molecule has 0 spiro atoms. The van der Waals surface area contributed by atoms with Gasteiger partial charge in [-0.3, -0.25) is 14.6 Å². The van der Waals surface area contributed by atoms with Gasteiger partial charge in [-0.05, 0) is 45.7 Å². The van der Waals surface area contributed by atoms with Crippen molar-refractivity contribution in [3.8, 4) is 0 Å². The van der Waals surface area contributed by atoms with Crippen molar-refractivity contribution in [3.63, 3.8) is 0 Å². The van der Waals surface area contributed by atoms with Gasteiger partial charge in [-0.25, -0.2) is 14.8 Å². The zero-order valence-electron chi connectivity index (χ0n) is 20.0. The summed E-state index contributed by atoms with van der Waals surface area (Å²) in [5.41, 5.74) is 0.441. The summed E-state index contributed by atoms with van der Waals surface area (Å²) in [5, 5.41) is 3.08. The Balaban J connectivity index is 1.53. The molecule has 0 unspecified atom stereocenters. The van der Waals surface area contributed by atoms with Crippen molar-refractivity contribution in [1.29, 1.82) is 0 Å². The monoisotopic (exact) mass is 461 g/mol. The number of hydrogen-bond donors (Lipinski definition) is 0. The average Bonchev–Trinajstić information content (AvgIpc) is 2.81. The first-order valence-electron chi connectivity index (χ1n) is 11.4. The van der Waals surface area contributed by atoms with E-state index in [1.807, 2.05) is 17.0 Å². The van der Waals surface area contributed by atoms with Crippen molar-refractivity contribution in [3.05, 3.63) is 24.5 Å². The van der Waals surface area contributed by atoms with Crippen molar-refractivity contribution in [2.75, 3.05) is 57.8 Å². The number of aromatic nitrogens is 1.